The Morgan fingerprint density at radius 3 is 2.58 bits per heavy atom. The quantitative estimate of drug-likeness (QED) is 0.189. The van der Waals surface area contributed by atoms with Crippen LogP contribution >= 0.6 is 0 Å². The fourth-order valence-electron chi connectivity index (χ4n) is 6.38. The average molecular weight is 539 g/mol. The van der Waals surface area contributed by atoms with Gasteiger partial charge in [0.15, 0.2) is 0 Å². The molecule has 10 heteroatoms. The van der Waals surface area contributed by atoms with Gasteiger partial charge in [0.1, 0.15) is 5.54 Å². The maximum atomic E-state index is 14.1. The lowest BCUT2D eigenvalue weighted by atomic mass is 9.76. The third kappa shape index (κ3) is 3.71. The van der Waals surface area contributed by atoms with Crippen molar-refractivity contribution in [1.29, 1.82) is 0 Å². The minimum Gasteiger partial charge on any atom is -0.480 e. The Balaban J connectivity index is 1.53. The van der Waals surface area contributed by atoms with Gasteiger partial charge in [-0.1, -0.05) is 48.0 Å². The second-order valence-corrected chi connectivity index (χ2v) is 10.6. The third-order valence-electron chi connectivity index (χ3n) is 8.25. The van der Waals surface area contributed by atoms with Gasteiger partial charge in [-0.05, 0) is 42.7 Å². The van der Waals surface area contributed by atoms with Crippen LogP contribution in [-0.4, -0.2) is 38.3 Å². The Morgan fingerprint density at radius 1 is 1.05 bits per heavy atom. The van der Waals surface area contributed by atoms with E-state index in [-0.39, 0.29) is 17.8 Å². The Hall–Kier alpha value is -4.83. The molecule has 3 aromatic carbocycles. The summed E-state index contributed by atoms with van der Waals surface area (Å²) < 4.78 is 0. The monoisotopic (exact) mass is 538 g/mol. The first-order valence-electron chi connectivity index (χ1n) is 12.9. The number of rotatable bonds is 6. The lowest BCUT2D eigenvalue weighted by Gasteiger charge is -2.31. The molecule has 202 valence electrons. The lowest BCUT2D eigenvalue weighted by molar-refractivity contribution is -0.384. The number of carbonyl (C=O) groups excluding carboxylic acids is 2. The number of nitro benzene ring substituents is 1. The van der Waals surface area contributed by atoms with E-state index >= 15 is 0 Å². The number of nitrogens with zero attached hydrogens (tertiary/aromatic N) is 2. The summed E-state index contributed by atoms with van der Waals surface area (Å²) in [6.07, 6.45) is 1.67. The highest BCUT2D eigenvalue weighted by Crippen LogP contribution is 2.52. The van der Waals surface area contributed by atoms with Crippen LogP contribution in [0.5, 0.6) is 0 Å². The van der Waals surface area contributed by atoms with E-state index in [4.69, 9.17) is 0 Å². The molecule has 2 aliphatic heterocycles. The molecule has 0 saturated carbocycles. The SMILES string of the molecule is Cc1ccc(C)c(C2NC(Cc3c[nH]c4ccccc34)(C(=O)O)C3C(=O)N(c4cccc([N+](=O)[O-])c4)C(=O)C23)c1. The van der Waals surface area contributed by atoms with Gasteiger partial charge in [0.25, 0.3) is 5.69 Å². The number of carboxylic acids is 1. The lowest BCUT2D eigenvalue weighted by Crippen LogP contribution is -2.57. The van der Waals surface area contributed by atoms with Crippen LogP contribution in [0.4, 0.5) is 11.4 Å². The minimum absolute atomic E-state index is 0.0460. The normalized spacial score (nSPS) is 24.1. The van der Waals surface area contributed by atoms with Gasteiger partial charge in [-0.3, -0.25) is 29.8 Å². The molecular weight excluding hydrogens is 512 g/mol. The highest BCUT2D eigenvalue weighted by Gasteiger charge is 2.68. The van der Waals surface area contributed by atoms with E-state index in [1.54, 1.807) is 6.20 Å². The Morgan fingerprint density at radius 2 is 1.82 bits per heavy atom. The van der Waals surface area contributed by atoms with E-state index in [1.807, 2.05) is 56.3 Å². The zero-order valence-electron chi connectivity index (χ0n) is 21.8. The number of imide groups is 1. The number of amides is 2. The van der Waals surface area contributed by atoms with Crippen LogP contribution in [0, 0.1) is 35.8 Å². The number of aliphatic carboxylic acids is 1. The maximum Gasteiger partial charge on any atom is 0.325 e. The molecule has 3 N–H and O–H groups in total. The van der Waals surface area contributed by atoms with Gasteiger partial charge in [-0.2, -0.15) is 0 Å². The summed E-state index contributed by atoms with van der Waals surface area (Å²) in [4.78, 5) is 56.4. The van der Waals surface area contributed by atoms with Gasteiger partial charge < -0.3 is 10.1 Å². The van der Waals surface area contributed by atoms with Crippen molar-refractivity contribution in [3.05, 3.63) is 105 Å². The van der Waals surface area contributed by atoms with Crippen LogP contribution < -0.4 is 10.2 Å². The molecule has 3 heterocycles. The molecule has 10 nitrogen and oxygen atoms in total. The van der Waals surface area contributed by atoms with Crippen LogP contribution in [0.25, 0.3) is 10.9 Å². The summed E-state index contributed by atoms with van der Waals surface area (Å²) in [5.74, 6) is -4.82. The number of aryl methyl sites for hydroxylation is 2. The first kappa shape index (κ1) is 25.4. The molecule has 40 heavy (non-hydrogen) atoms. The number of anilines is 1. The van der Waals surface area contributed by atoms with Crippen molar-refractivity contribution in [3.63, 3.8) is 0 Å². The second kappa shape index (κ2) is 9.13. The fraction of sp³-hybridized carbons (Fsp3) is 0.233. The van der Waals surface area contributed by atoms with Crippen LogP contribution in [0.15, 0.2) is 72.9 Å². The van der Waals surface area contributed by atoms with E-state index in [0.717, 1.165) is 32.5 Å². The summed E-state index contributed by atoms with van der Waals surface area (Å²) in [5.41, 5.74) is 1.98. The second-order valence-electron chi connectivity index (χ2n) is 10.6. The van der Waals surface area contributed by atoms with Crippen molar-refractivity contribution in [3.8, 4) is 0 Å². The molecule has 2 saturated heterocycles. The first-order valence-corrected chi connectivity index (χ1v) is 12.9. The standard InChI is InChI=1S/C30H26N4O6/c1-16-10-11-17(2)22(12-16)26-24-25(28(36)33(27(24)35)19-6-5-7-20(13-19)34(39)40)30(32-26,29(37)38)14-18-15-31-23-9-4-3-8-21(18)23/h3-13,15,24-26,31-32H,14H2,1-2H3,(H,37,38). The van der Waals surface area contributed by atoms with Gasteiger partial charge in [-0.25, -0.2) is 4.90 Å². The number of carbonyl (C=O) groups is 3. The molecule has 2 amide bonds. The van der Waals surface area contributed by atoms with Crippen molar-refractivity contribution in [2.24, 2.45) is 11.8 Å². The van der Waals surface area contributed by atoms with Crippen LogP contribution in [-0.2, 0) is 20.8 Å². The van der Waals surface area contributed by atoms with E-state index < -0.39 is 46.1 Å². The zero-order chi connectivity index (χ0) is 28.3. The van der Waals surface area contributed by atoms with Gasteiger partial charge in [-0.15, -0.1) is 0 Å². The molecule has 2 fully saturated rings. The van der Waals surface area contributed by atoms with Gasteiger partial charge in [0, 0.05) is 41.7 Å². The fourth-order valence-corrected chi connectivity index (χ4v) is 6.38. The number of carboxylic acid groups (broad SMARTS) is 1. The van der Waals surface area contributed by atoms with Crippen molar-refractivity contribution >= 4 is 40.1 Å². The number of aromatic nitrogens is 1. The van der Waals surface area contributed by atoms with Crippen molar-refractivity contribution in [2.75, 3.05) is 4.90 Å². The molecule has 0 radical (unpaired) electrons. The van der Waals surface area contributed by atoms with E-state index in [9.17, 15) is 29.6 Å². The number of non-ortho nitro benzene ring substituents is 1. The van der Waals surface area contributed by atoms with Gasteiger partial charge in [0.05, 0.1) is 22.4 Å². The summed E-state index contributed by atoms with van der Waals surface area (Å²) in [6, 6.07) is 17.7. The summed E-state index contributed by atoms with van der Waals surface area (Å²) in [5, 5.41) is 26.3. The molecular formula is C30H26N4O6. The molecule has 0 bridgehead atoms. The van der Waals surface area contributed by atoms with Crippen LogP contribution in [0.3, 0.4) is 0 Å². The smallest absolute Gasteiger partial charge is 0.325 e. The number of fused-ring (bicyclic) bond motifs is 2. The molecule has 6 rings (SSSR count). The Labute approximate surface area is 228 Å². The predicted molar refractivity (Wildman–Crippen MR) is 147 cm³/mol. The highest BCUT2D eigenvalue weighted by atomic mass is 16.6. The summed E-state index contributed by atoms with van der Waals surface area (Å²) in [7, 11) is 0. The largest absolute Gasteiger partial charge is 0.480 e. The molecule has 4 atom stereocenters. The highest BCUT2D eigenvalue weighted by molar-refractivity contribution is 6.24. The molecule has 1 aromatic heterocycles. The van der Waals surface area contributed by atoms with E-state index in [1.165, 1.54) is 24.3 Å². The van der Waals surface area contributed by atoms with Crippen molar-refractivity contribution in [2.45, 2.75) is 31.8 Å². The van der Waals surface area contributed by atoms with Crippen LogP contribution in [0.2, 0.25) is 0 Å². The van der Waals surface area contributed by atoms with Crippen LogP contribution in [0.1, 0.15) is 28.3 Å². The van der Waals surface area contributed by atoms with Gasteiger partial charge >= 0.3 is 5.97 Å². The first-order chi connectivity index (χ1) is 19.1. The number of nitro groups is 1. The molecule has 2 aliphatic rings. The predicted octanol–water partition coefficient (Wildman–Crippen LogP) is 4.21. The number of hydrogen-bond donors (Lipinski definition) is 3. The molecule has 4 aromatic rings. The number of aromatic amines is 1. The van der Waals surface area contributed by atoms with Gasteiger partial charge in [0.2, 0.25) is 11.8 Å². The van der Waals surface area contributed by atoms with Crippen molar-refractivity contribution in [1.82, 2.24) is 10.3 Å². The number of nitrogens with one attached hydrogen (secondary N) is 2. The maximum absolute atomic E-state index is 14.1. The molecule has 0 aliphatic carbocycles. The average Bonchev–Trinajstić information content (AvgIpc) is 3.58. The Bertz CT molecular complexity index is 1730. The molecule has 0 spiro atoms. The number of hydrogen-bond acceptors (Lipinski definition) is 6. The zero-order valence-corrected chi connectivity index (χ0v) is 21.8. The third-order valence-corrected chi connectivity index (χ3v) is 8.25. The number of H-pyrrole nitrogens is 1. The Kier molecular flexibility index (Phi) is 5.81. The minimum atomic E-state index is -1.82. The topological polar surface area (TPSA) is 146 Å². The number of benzene rings is 3. The number of para-hydroxylation sites is 1. The van der Waals surface area contributed by atoms with E-state index in [2.05, 4.69) is 10.3 Å². The molecule has 4 unspecified atom stereocenters. The van der Waals surface area contributed by atoms with Crippen molar-refractivity contribution < 1.29 is 24.4 Å². The summed E-state index contributed by atoms with van der Waals surface area (Å²) >= 11 is 0. The van der Waals surface area contributed by atoms with E-state index in [0.29, 0.717) is 5.56 Å². The summed E-state index contributed by atoms with van der Waals surface area (Å²) in [6.45, 7) is 3.79.